The van der Waals surface area contributed by atoms with Crippen LogP contribution < -0.4 is 0 Å². The molecule has 8 nitrogen and oxygen atoms in total. The molecule has 0 saturated carbocycles. The Kier molecular flexibility index (Phi) is 5.24. The molecule has 4 heterocycles. The topological polar surface area (TPSA) is 57.1 Å². The number of piperidine rings is 1. The lowest BCUT2D eigenvalue weighted by Crippen LogP contribution is -2.63. The molecular formula is C19H32N6O2. The number of nitrogens with zero attached hydrogens (tertiary/aromatic N) is 6. The van der Waals surface area contributed by atoms with Gasteiger partial charge < -0.3 is 14.5 Å². The smallest absolute Gasteiger partial charge is 0.242 e. The lowest BCUT2D eigenvalue weighted by molar-refractivity contribution is -0.135. The average Bonchev–Trinajstić information content (AvgIpc) is 3.16. The number of ether oxygens (including phenoxy) is 1. The highest BCUT2D eigenvalue weighted by atomic mass is 16.5. The highest BCUT2D eigenvalue weighted by molar-refractivity contribution is 5.85. The molecule has 0 unspecified atom stereocenters. The van der Waals surface area contributed by atoms with Crippen LogP contribution in [-0.4, -0.2) is 107 Å². The van der Waals surface area contributed by atoms with Crippen LogP contribution in [0.5, 0.6) is 0 Å². The van der Waals surface area contributed by atoms with Crippen molar-refractivity contribution in [3.63, 3.8) is 0 Å². The number of methoxy groups -OCH3 is 1. The van der Waals surface area contributed by atoms with E-state index in [0.717, 1.165) is 52.1 Å². The second kappa shape index (κ2) is 7.50. The number of carbonyl (C=O) groups excluding carboxylic acids is 1. The van der Waals surface area contributed by atoms with Crippen LogP contribution in [-0.2, 0) is 23.1 Å². The van der Waals surface area contributed by atoms with E-state index in [-0.39, 0.29) is 11.7 Å². The van der Waals surface area contributed by atoms with Crippen molar-refractivity contribution in [3.05, 3.63) is 18.0 Å². The largest absolute Gasteiger partial charge is 0.383 e. The van der Waals surface area contributed by atoms with Gasteiger partial charge >= 0.3 is 0 Å². The first-order valence-corrected chi connectivity index (χ1v) is 9.99. The predicted octanol–water partition coefficient (Wildman–Crippen LogP) is -0.183. The van der Waals surface area contributed by atoms with Gasteiger partial charge in [-0.1, -0.05) is 0 Å². The van der Waals surface area contributed by atoms with E-state index in [9.17, 15) is 4.79 Å². The Labute approximate surface area is 161 Å². The molecule has 8 heteroatoms. The lowest BCUT2D eigenvalue weighted by Gasteiger charge is -2.50. The number of likely N-dealkylation sites (N-methyl/N-ethyl adjacent to an activating group) is 1. The third-order valence-corrected chi connectivity index (χ3v) is 6.51. The standard InChI is InChI=1S/C19H32N6O2/c1-21-8-9-24-17(15-21)18(26)25(10-11-27-3)19(24)4-6-23(7-5-19)14-16-12-20-22(2)13-16/h12-13,17H,4-11,14-15H2,1-3H3/t17-/m1/s1. The van der Waals surface area contributed by atoms with E-state index in [0.29, 0.717) is 19.1 Å². The molecule has 27 heavy (non-hydrogen) atoms. The summed E-state index contributed by atoms with van der Waals surface area (Å²) < 4.78 is 7.18. The zero-order valence-corrected chi connectivity index (χ0v) is 16.8. The Balaban J connectivity index is 1.49. The van der Waals surface area contributed by atoms with Gasteiger partial charge in [0.2, 0.25) is 5.91 Å². The van der Waals surface area contributed by atoms with E-state index in [4.69, 9.17) is 4.74 Å². The first-order chi connectivity index (χ1) is 13.0. The molecule has 3 aliphatic rings. The lowest BCUT2D eigenvalue weighted by atomic mass is 9.93. The zero-order chi connectivity index (χ0) is 19.0. The van der Waals surface area contributed by atoms with Crippen molar-refractivity contribution >= 4 is 5.91 Å². The van der Waals surface area contributed by atoms with Crippen LogP contribution in [0.2, 0.25) is 0 Å². The molecule has 1 atom stereocenters. The molecule has 1 spiro atoms. The third-order valence-electron chi connectivity index (χ3n) is 6.51. The third kappa shape index (κ3) is 3.40. The predicted molar refractivity (Wildman–Crippen MR) is 102 cm³/mol. The number of amides is 1. The van der Waals surface area contributed by atoms with Gasteiger partial charge in [0.05, 0.1) is 18.5 Å². The number of rotatable bonds is 5. The Morgan fingerprint density at radius 1 is 1.22 bits per heavy atom. The molecule has 4 rings (SSSR count). The molecule has 0 radical (unpaired) electrons. The number of carbonyl (C=O) groups is 1. The van der Waals surface area contributed by atoms with Crippen molar-refractivity contribution in [2.45, 2.75) is 31.1 Å². The minimum atomic E-state index is -0.132. The minimum Gasteiger partial charge on any atom is -0.383 e. The fourth-order valence-electron chi connectivity index (χ4n) is 5.11. The molecule has 3 aliphatic heterocycles. The SMILES string of the molecule is COCCN1C(=O)[C@H]2CN(C)CCN2C12CCN(Cc1cnn(C)c1)CC2. The maximum Gasteiger partial charge on any atom is 0.242 e. The molecule has 1 amide bonds. The van der Waals surface area contributed by atoms with Gasteiger partial charge in [-0.25, -0.2) is 0 Å². The molecule has 0 aromatic carbocycles. The first kappa shape index (κ1) is 18.9. The molecule has 150 valence electrons. The van der Waals surface area contributed by atoms with Gasteiger partial charge in [0.1, 0.15) is 6.04 Å². The molecule has 3 fully saturated rings. The first-order valence-electron chi connectivity index (χ1n) is 9.99. The van der Waals surface area contributed by atoms with Crippen LogP contribution >= 0.6 is 0 Å². The Hall–Kier alpha value is -1.48. The highest BCUT2D eigenvalue weighted by Crippen LogP contribution is 2.41. The summed E-state index contributed by atoms with van der Waals surface area (Å²) in [6.07, 6.45) is 6.04. The summed E-state index contributed by atoms with van der Waals surface area (Å²) in [6, 6.07) is 0.00507. The number of hydrogen-bond donors (Lipinski definition) is 0. The van der Waals surface area contributed by atoms with E-state index >= 15 is 0 Å². The highest BCUT2D eigenvalue weighted by Gasteiger charge is 2.57. The van der Waals surface area contributed by atoms with Crippen molar-refractivity contribution in [1.82, 2.24) is 29.4 Å². The zero-order valence-electron chi connectivity index (χ0n) is 16.8. The summed E-state index contributed by atoms with van der Waals surface area (Å²) in [6.45, 7) is 7.07. The Bertz CT molecular complexity index is 669. The Morgan fingerprint density at radius 3 is 2.67 bits per heavy atom. The van der Waals surface area contributed by atoms with Gasteiger partial charge in [0.15, 0.2) is 0 Å². The van der Waals surface area contributed by atoms with Gasteiger partial charge in [-0.2, -0.15) is 5.10 Å². The van der Waals surface area contributed by atoms with Crippen molar-refractivity contribution in [2.24, 2.45) is 7.05 Å². The van der Waals surface area contributed by atoms with Crippen molar-refractivity contribution in [3.8, 4) is 0 Å². The van der Waals surface area contributed by atoms with Crippen molar-refractivity contribution in [1.29, 1.82) is 0 Å². The van der Waals surface area contributed by atoms with Crippen LogP contribution in [0.15, 0.2) is 12.4 Å². The molecule has 1 aromatic rings. The normalized spacial score (nSPS) is 26.9. The van der Waals surface area contributed by atoms with Gasteiger partial charge in [-0.05, 0) is 19.9 Å². The maximum absolute atomic E-state index is 13.2. The van der Waals surface area contributed by atoms with E-state index in [1.54, 1.807) is 7.11 Å². The number of likely N-dealkylation sites (tertiary alicyclic amines) is 1. The summed E-state index contributed by atoms with van der Waals surface area (Å²) in [7, 11) is 5.79. The molecular weight excluding hydrogens is 344 g/mol. The number of aromatic nitrogens is 2. The van der Waals surface area contributed by atoms with Crippen molar-refractivity contribution in [2.75, 3.05) is 60.0 Å². The fourth-order valence-corrected chi connectivity index (χ4v) is 5.11. The monoisotopic (exact) mass is 376 g/mol. The van der Waals surface area contributed by atoms with Gasteiger partial charge in [0, 0.05) is 71.7 Å². The average molecular weight is 377 g/mol. The quantitative estimate of drug-likeness (QED) is 0.711. The maximum atomic E-state index is 13.2. The van der Waals surface area contributed by atoms with Crippen LogP contribution in [0.1, 0.15) is 18.4 Å². The second-order valence-corrected chi connectivity index (χ2v) is 8.23. The van der Waals surface area contributed by atoms with E-state index < -0.39 is 0 Å². The molecule has 3 saturated heterocycles. The van der Waals surface area contributed by atoms with E-state index in [2.05, 4.69) is 37.9 Å². The number of piperazine rings is 1. The minimum absolute atomic E-state index is 0.00507. The van der Waals surface area contributed by atoms with Gasteiger partial charge in [-0.3, -0.25) is 19.3 Å². The van der Waals surface area contributed by atoms with Crippen LogP contribution in [0, 0.1) is 0 Å². The summed E-state index contributed by atoms with van der Waals surface area (Å²) in [5.74, 6) is 0.291. The van der Waals surface area contributed by atoms with E-state index in [1.165, 1.54) is 5.56 Å². The van der Waals surface area contributed by atoms with Crippen LogP contribution in [0.3, 0.4) is 0 Å². The van der Waals surface area contributed by atoms with Crippen LogP contribution in [0.25, 0.3) is 0 Å². The van der Waals surface area contributed by atoms with Gasteiger partial charge in [0.25, 0.3) is 0 Å². The molecule has 0 N–H and O–H groups in total. The van der Waals surface area contributed by atoms with Crippen molar-refractivity contribution < 1.29 is 9.53 Å². The van der Waals surface area contributed by atoms with E-state index in [1.807, 2.05) is 17.9 Å². The molecule has 1 aromatic heterocycles. The molecule has 0 aliphatic carbocycles. The summed E-state index contributed by atoms with van der Waals surface area (Å²) in [5, 5.41) is 4.28. The number of hydrogen-bond acceptors (Lipinski definition) is 6. The van der Waals surface area contributed by atoms with Gasteiger partial charge in [-0.15, -0.1) is 0 Å². The summed E-state index contributed by atoms with van der Waals surface area (Å²) >= 11 is 0. The number of fused-ring (bicyclic) bond motifs is 2. The molecule has 0 bridgehead atoms. The number of aryl methyl sites for hydroxylation is 1. The summed E-state index contributed by atoms with van der Waals surface area (Å²) in [4.78, 5) is 22.6. The second-order valence-electron chi connectivity index (χ2n) is 8.23. The Morgan fingerprint density at radius 2 is 2.00 bits per heavy atom. The fraction of sp³-hybridized carbons (Fsp3) is 0.789. The summed E-state index contributed by atoms with van der Waals surface area (Å²) in [5.41, 5.74) is 1.12. The van der Waals surface area contributed by atoms with Crippen LogP contribution in [0.4, 0.5) is 0 Å².